The van der Waals surface area contributed by atoms with Crippen LogP contribution in [-0.4, -0.2) is 36.2 Å². The molecule has 0 heterocycles. The second kappa shape index (κ2) is 8.39. The third kappa shape index (κ3) is 4.56. The van der Waals surface area contributed by atoms with E-state index in [2.05, 4.69) is 37.2 Å². The molecule has 2 nitrogen and oxygen atoms in total. The standard InChI is InChI=1S/C23H28ClNO/c1-25(2)17-21-10-6-9-20(15-18-7-4-3-5-8-18)23(21,26)16-19-11-13-22(24)14-12-19/h3-5,7-8,11-15,21,26H,6,9-10,16-17H2,1-2H3. The van der Waals surface area contributed by atoms with Crippen LogP contribution >= 0.6 is 11.6 Å². The SMILES string of the molecule is CN(C)CC1CCCC(=Cc2ccccc2)C1(O)Cc1ccc(Cl)cc1. The Morgan fingerprint density at radius 1 is 1.12 bits per heavy atom. The third-order valence-corrected chi connectivity index (χ3v) is 5.60. The molecule has 1 aliphatic carbocycles. The van der Waals surface area contributed by atoms with Crippen molar-refractivity contribution in [1.82, 2.24) is 4.90 Å². The molecular weight excluding hydrogens is 342 g/mol. The highest BCUT2D eigenvalue weighted by atomic mass is 35.5. The first-order valence-electron chi connectivity index (χ1n) is 9.35. The summed E-state index contributed by atoms with van der Waals surface area (Å²) in [6, 6.07) is 18.2. The molecule has 0 aliphatic heterocycles. The van der Waals surface area contributed by atoms with Crippen LogP contribution in [0.5, 0.6) is 0 Å². The smallest absolute Gasteiger partial charge is 0.0940 e. The van der Waals surface area contributed by atoms with Gasteiger partial charge in [-0.1, -0.05) is 60.1 Å². The average molecular weight is 370 g/mol. The van der Waals surface area contributed by atoms with Crippen LogP contribution in [0.1, 0.15) is 30.4 Å². The van der Waals surface area contributed by atoms with Crippen LogP contribution in [0.3, 0.4) is 0 Å². The number of rotatable bonds is 5. The Labute approximate surface area is 162 Å². The third-order valence-electron chi connectivity index (χ3n) is 5.34. The molecule has 138 valence electrons. The van der Waals surface area contributed by atoms with E-state index in [0.29, 0.717) is 6.42 Å². The molecule has 0 spiro atoms. The Bertz CT molecular complexity index is 739. The van der Waals surface area contributed by atoms with Crippen molar-refractivity contribution < 1.29 is 5.11 Å². The Hall–Kier alpha value is -1.61. The quantitative estimate of drug-likeness (QED) is 0.796. The van der Waals surface area contributed by atoms with Crippen LogP contribution in [0, 0.1) is 5.92 Å². The average Bonchev–Trinajstić information content (AvgIpc) is 2.61. The van der Waals surface area contributed by atoms with Gasteiger partial charge in [0, 0.05) is 23.9 Å². The van der Waals surface area contributed by atoms with Gasteiger partial charge in [-0.2, -0.15) is 0 Å². The van der Waals surface area contributed by atoms with Crippen LogP contribution in [0.4, 0.5) is 0 Å². The van der Waals surface area contributed by atoms with Crippen LogP contribution in [0.25, 0.3) is 6.08 Å². The van der Waals surface area contributed by atoms with Crippen molar-refractivity contribution in [1.29, 1.82) is 0 Å². The van der Waals surface area contributed by atoms with Gasteiger partial charge in [-0.05, 0) is 62.2 Å². The van der Waals surface area contributed by atoms with Crippen molar-refractivity contribution in [2.24, 2.45) is 5.92 Å². The fraction of sp³-hybridized carbons (Fsp3) is 0.391. The zero-order valence-electron chi connectivity index (χ0n) is 15.7. The maximum Gasteiger partial charge on any atom is 0.0940 e. The van der Waals surface area contributed by atoms with Gasteiger partial charge in [0.1, 0.15) is 0 Å². The first-order chi connectivity index (χ1) is 12.5. The monoisotopic (exact) mass is 369 g/mol. The van der Waals surface area contributed by atoms with Gasteiger partial charge in [-0.3, -0.25) is 0 Å². The van der Waals surface area contributed by atoms with E-state index in [1.165, 1.54) is 0 Å². The van der Waals surface area contributed by atoms with Gasteiger partial charge in [0.2, 0.25) is 0 Å². The minimum atomic E-state index is -0.827. The van der Waals surface area contributed by atoms with Crippen LogP contribution in [0.15, 0.2) is 60.2 Å². The molecule has 0 radical (unpaired) electrons. The predicted molar refractivity (Wildman–Crippen MR) is 110 cm³/mol. The second-order valence-corrected chi connectivity index (χ2v) is 8.10. The van der Waals surface area contributed by atoms with E-state index in [0.717, 1.165) is 47.5 Å². The summed E-state index contributed by atoms with van der Waals surface area (Å²) in [6.07, 6.45) is 5.94. The van der Waals surface area contributed by atoms with E-state index in [1.54, 1.807) is 0 Å². The van der Waals surface area contributed by atoms with E-state index >= 15 is 0 Å². The molecule has 1 saturated carbocycles. The molecule has 26 heavy (non-hydrogen) atoms. The normalized spacial score (nSPS) is 25.0. The minimum absolute atomic E-state index is 0.219. The molecule has 1 N–H and O–H groups in total. The van der Waals surface area contributed by atoms with E-state index < -0.39 is 5.60 Å². The van der Waals surface area contributed by atoms with Gasteiger partial charge >= 0.3 is 0 Å². The molecule has 3 rings (SSSR count). The number of nitrogens with zero attached hydrogens (tertiary/aromatic N) is 1. The molecule has 2 aromatic rings. The van der Waals surface area contributed by atoms with Gasteiger partial charge in [-0.25, -0.2) is 0 Å². The zero-order chi connectivity index (χ0) is 18.6. The molecule has 0 bridgehead atoms. The molecule has 2 atom stereocenters. The van der Waals surface area contributed by atoms with Gasteiger partial charge in [0.15, 0.2) is 0 Å². The highest BCUT2D eigenvalue weighted by Gasteiger charge is 2.42. The summed E-state index contributed by atoms with van der Waals surface area (Å²) in [5.41, 5.74) is 2.60. The second-order valence-electron chi connectivity index (χ2n) is 7.66. The van der Waals surface area contributed by atoms with E-state index in [1.807, 2.05) is 42.5 Å². The summed E-state index contributed by atoms with van der Waals surface area (Å²) in [5.74, 6) is 0.219. The summed E-state index contributed by atoms with van der Waals surface area (Å²) in [7, 11) is 4.16. The van der Waals surface area contributed by atoms with E-state index in [-0.39, 0.29) is 5.92 Å². The number of hydrogen-bond acceptors (Lipinski definition) is 2. The highest BCUT2D eigenvalue weighted by molar-refractivity contribution is 6.30. The summed E-state index contributed by atoms with van der Waals surface area (Å²) < 4.78 is 0. The van der Waals surface area contributed by atoms with Crippen LogP contribution in [-0.2, 0) is 6.42 Å². The molecule has 0 saturated heterocycles. The Morgan fingerprint density at radius 2 is 1.81 bits per heavy atom. The lowest BCUT2D eigenvalue weighted by atomic mass is 9.68. The van der Waals surface area contributed by atoms with Crippen LogP contribution < -0.4 is 0 Å². The van der Waals surface area contributed by atoms with Crippen molar-refractivity contribution in [3.8, 4) is 0 Å². The molecule has 1 fully saturated rings. The van der Waals surface area contributed by atoms with E-state index in [9.17, 15) is 5.11 Å². The van der Waals surface area contributed by atoms with Crippen molar-refractivity contribution in [2.75, 3.05) is 20.6 Å². The van der Waals surface area contributed by atoms with Gasteiger partial charge in [0.05, 0.1) is 5.60 Å². The molecule has 1 aliphatic rings. The first-order valence-corrected chi connectivity index (χ1v) is 9.73. The maximum atomic E-state index is 11.9. The molecule has 0 amide bonds. The lowest BCUT2D eigenvalue weighted by Crippen LogP contribution is -2.48. The summed E-state index contributed by atoms with van der Waals surface area (Å²) >= 11 is 6.04. The van der Waals surface area contributed by atoms with Crippen molar-refractivity contribution in [3.63, 3.8) is 0 Å². The summed E-state index contributed by atoms with van der Waals surface area (Å²) in [4.78, 5) is 2.18. The van der Waals surface area contributed by atoms with Crippen molar-refractivity contribution in [2.45, 2.75) is 31.3 Å². The molecular formula is C23H28ClNO. The summed E-state index contributed by atoms with van der Waals surface area (Å²) in [5, 5.41) is 12.6. The van der Waals surface area contributed by atoms with Crippen molar-refractivity contribution >= 4 is 17.7 Å². The van der Waals surface area contributed by atoms with Crippen LogP contribution in [0.2, 0.25) is 5.02 Å². The topological polar surface area (TPSA) is 23.5 Å². The number of benzene rings is 2. The molecule has 3 heteroatoms. The number of halogens is 1. The largest absolute Gasteiger partial charge is 0.385 e. The summed E-state index contributed by atoms with van der Waals surface area (Å²) in [6.45, 7) is 0.885. The predicted octanol–water partition coefficient (Wildman–Crippen LogP) is 5.06. The fourth-order valence-corrected chi connectivity index (χ4v) is 4.18. The maximum absolute atomic E-state index is 11.9. The van der Waals surface area contributed by atoms with Crippen molar-refractivity contribution in [3.05, 3.63) is 76.3 Å². The fourth-order valence-electron chi connectivity index (χ4n) is 4.06. The van der Waals surface area contributed by atoms with Gasteiger partial charge in [-0.15, -0.1) is 0 Å². The Kier molecular flexibility index (Phi) is 6.18. The first kappa shape index (κ1) is 19.2. The van der Waals surface area contributed by atoms with Gasteiger partial charge in [0.25, 0.3) is 0 Å². The van der Waals surface area contributed by atoms with E-state index in [4.69, 9.17) is 11.6 Å². The number of hydrogen-bond donors (Lipinski definition) is 1. The van der Waals surface area contributed by atoms with Gasteiger partial charge < -0.3 is 10.0 Å². The zero-order valence-corrected chi connectivity index (χ0v) is 16.4. The lowest BCUT2D eigenvalue weighted by Gasteiger charge is -2.43. The Balaban J connectivity index is 1.97. The molecule has 0 aromatic heterocycles. The molecule has 2 aromatic carbocycles. The highest BCUT2D eigenvalue weighted by Crippen LogP contribution is 2.41. The number of aliphatic hydroxyl groups is 1. The lowest BCUT2D eigenvalue weighted by molar-refractivity contribution is -0.0123. The minimum Gasteiger partial charge on any atom is -0.385 e. The Morgan fingerprint density at radius 3 is 2.46 bits per heavy atom. The molecule has 2 unspecified atom stereocenters.